The monoisotopic (exact) mass is 222 g/mol. The fourth-order valence-electron chi connectivity index (χ4n) is 1.99. The molecule has 1 atom stereocenters. The Morgan fingerprint density at radius 3 is 2.75 bits per heavy atom. The maximum absolute atomic E-state index is 12.8. The second-order valence-corrected chi connectivity index (χ2v) is 3.87. The van der Waals surface area contributed by atoms with Gasteiger partial charge in [0.05, 0.1) is 6.04 Å². The van der Waals surface area contributed by atoms with E-state index < -0.39 is 0 Å². The summed E-state index contributed by atoms with van der Waals surface area (Å²) in [5.41, 5.74) is 0.770. The predicted molar refractivity (Wildman–Crippen MR) is 60.8 cm³/mol. The Labute approximate surface area is 94.3 Å². The molecule has 1 unspecified atom stereocenters. The van der Waals surface area contributed by atoms with Gasteiger partial charge in [-0.3, -0.25) is 4.79 Å². The van der Waals surface area contributed by atoms with Crippen molar-refractivity contribution in [3.63, 3.8) is 0 Å². The largest absolute Gasteiger partial charge is 0.311 e. The van der Waals surface area contributed by atoms with Gasteiger partial charge in [0.25, 0.3) is 0 Å². The van der Waals surface area contributed by atoms with Crippen molar-refractivity contribution in [3.8, 4) is 0 Å². The number of nitrogens with zero attached hydrogens (tertiary/aromatic N) is 1. The van der Waals surface area contributed by atoms with Crippen molar-refractivity contribution in [2.24, 2.45) is 0 Å². The summed E-state index contributed by atoms with van der Waals surface area (Å²) in [4.78, 5) is 13.7. The molecule has 2 rings (SSSR count). The number of halogens is 1. The van der Waals surface area contributed by atoms with E-state index >= 15 is 0 Å². The lowest BCUT2D eigenvalue weighted by atomic mass is 10.2. The number of anilines is 1. The Morgan fingerprint density at radius 2 is 2.12 bits per heavy atom. The zero-order valence-corrected chi connectivity index (χ0v) is 9.24. The molecular formula is C12H15FN2O. The van der Waals surface area contributed by atoms with Gasteiger partial charge in [0.15, 0.2) is 0 Å². The van der Waals surface area contributed by atoms with Crippen molar-refractivity contribution in [1.82, 2.24) is 5.32 Å². The molecule has 0 radical (unpaired) electrons. The molecule has 1 heterocycles. The molecule has 1 amide bonds. The van der Waals surface area contributed by atoms with Gasteiger partial charge in [0.2, 0.25) is 5.91 Å². The summed E-state index contributed by atoms with van der Waals surface area (Å²) < 4.78 is 12.8. The van der Waals surface area contributed by atoms with Crippen LogP contribution in [0.4, 0.5) is 10.1 Å². The highest BCUT2D eigenvalue weighted by Gasteiger charge is 2.31. The highest BCUT2D eigenvalue weighted by molar-refractivity contribution is 5.99. The van der Waals surface area contributed by atoms with E-state index in [9.17, 15) is 9.18 Å². The van der Waals surface area contributed by atoms with Crippen LogP contribution in [0.1, 0.15) is 13.3 Å². The molecule has 0 saturated carbocycles. The number of carbonyl (C=O) groups is 1. The maximum atomic E-state index is 12.8. The Morgan fingerprint density at radius 1 is 1.44 bits per heavy atom. The number of hydrogen-bond acceptors (Lipinski definition) is 2. The van der Waals surface area contributed by atoms with Crippen LogP contribution in [0.3, 0.4) is 0 Å². The molecule has 1 saturated heterocycles. The van der Waals surface area contributed by atoms with Gasteiger partial charge in [-0.15, -0.1) is 0 Å². The lowest BCUT2D eigenvalue weighted by Crippen LogP contribution is -2.38. The molecule has 1 fully saturated rings. The van der Waals surface area contributed by atoms with Crippen LogP contribution >= 0.6 is 0 Å². The van der Waals surface area contributed by atoms with Crippen LogP contribution in [0.2, 0.25) is 0 Å². The molecule has 3 nitrogen and oxygen atoms in total. The van der Waals surface area contributed by atoms with E-state index in [2.05, 4.69) is 5.32 Å². The predicted octanol–water partition coefficient (Wildman–Crippen LogP) is 1.54. The molecule has 1 aromatic rings. The summed E-state index contributed by atoms with van der Waals surface area (Å²) >= 11 is 0. The van der Waals surface area contributed by atoms with E-state index in [1.807, 2.05) is 6.92 Å². The summed E-state index contributed by atoms with van der Waals surface area (Å²) in [7, 11) is 0. The first-order chi connectivity index (χ1) is 7.72. The number of rotatable bonds is 3. The molecule has 1 aliphatic rings. The molecule has 1 aliphatic heterocycles. The van der Waals surface area contributed by atoms with E-state index in [0.29, 0.717) is 6.54 Å². The van der Waals surface area contributed by atoms with Crippen LogP contribution in [-0.4, -0.2) is 25.0 Å². The first kappa shape index (κ1) is 11.1. The third-order valence-electron chi connectivity index (χ3n) is 2.79. The van der Waals surface area contributed by atoms with Crippen LogP contribution < -0.4 is 10.2 Å². The van der Waals surface area contributed by atoms with Gasteiger partial charge in [-0.1, -0.05) is 6.92 Å². The smallest absolute Gasteiger partial charge is 0.244 e. The zero-order chi connectivity index (χ0) is 11.5. The van der Waals surface area contributed by atoms with Crippen molar-refractivity contribution in [1.29, 1.82) is 0 Å². The summed E-state index contributed by atoms with van der Waals surface area (Å²) in [5.74, 6) is -0.202. The third kappa shape index (κ3) is 2.07. The Kier molecular flexibility index (Phi) is 3.19. The highest BCUT2D eigenvalue weighted by atomic mass is 19.1. The van der Waals surface area contributed by atoms with Gasteiger partial charge < -0.3 is 10.2 Å². The normalized spacial score (nSPS) is 20.5. The highest BCUT2D eigenvalue weighted by Crippen LogP contribution is 2.21. The van der Waals surface area contributed by atoms with E-state index in [-0.39, 0.29) is 17.8 Å². The zero-order valence-electron chi connectivity index (χ0n) is 9.24. The Hall–Kier alpha value is -1.42. The lowest BCUT2D eigenvalue weighted by molar-refractivity contribution is -0.118. The lowest BCUT2D eigenvalue weighted by Gasteiger charge is -2.16. The molecule has 1 aromatic carbocycles. The standard InChI is InChI=1S/C12H15FN2O/c1-2-14-11-7-8-15(12(11)16)10-5-3-9(13)4-6-10/h3-6,11,14H,2,7-8H2,1H3. The minimum Gasteiger partial charge on any atom is -0.311 e. The minimum absolute atomic E-state index is 0.0773. The first-order valence-electron chi connectivity index (χ1n) is 5.52. The van der Waals surface area contributed by atoms with E-state index in [0.717, 1.165) is 18.7 Å². The van der Waals surface area contributed by atoms with Crippen molar-refractivity contribution in [2.45, 2.75) is 19.4 Å². The maximum Gasteiger partial charge on any atom is 0.244 e. The van der Waals surface area contributed by atoms with Gasteiger partial charge >= 0.3 is 0 Å². The number of hydrogen-bond donors (Lipinski definition) is 1. The molecule has 16 heavy (non-hydrogen) atoms. The Balaban J connectivity index is 2.12. The first-order valence-corrected chi connectivity index (χ1v) is 5.52. The van der Waals surface area contributed by atoms with Gasteiger partial charge in [-0.2, -0.15) is 0 Å². The van der Waals surface area contributed by atoms with Crippen LogP contribution in [0, 0.1) is 5.82 Å². The number of carbonyl (C=O) groups excluding carboxylic acids is 1. The van der Waals surface area contributed by atoms with E-state index in [1.54, 1.807) is 17.0 Å². The van der Waals surface area contributed by atoms with Gasteiger partial charge in [0.1, 0.15) is 5.82 Å². The van der Waals surface area contributed by atoms with Crippen LogP contribution in [0.5, 0.6) is 0 Å². The van der Waals surface area contributed by atoms with Crippen molar-refractivity contribution in [3.05, 3.63) is 30.1 Å². The van der Waals surface area contributed by atoms with Gasteiger partial charge in [-0.25, -0.2) is 4.39 Å². The number of likely N-dealkylation sites (N-methyl/N-ethyl adjacent to an activating group) is 1. The van der Waals surface area contributed by atoms with E-state index in [4.69, 9.17) is 0 Å². The molecule has 0 bridgehead atoms. The molecule has 86 valence electrons. The summed E-state index contributed by atoms with van der Waals surface area (Å²) in [5, 5.41) is 3.14. The average Bonchev–Trinajstić information content (AvgIpc) is 2.63. The minimum atomic E-state index is -0.279. The second-order valence-electron chi connectivity index (χ2n) is 3.87. The molecule has 1 N–H and O–H groups in total. The summed E-state index contributed by atoms with van der Waals surface area (Å²) in [6, 6.07) is 5.95. The van der Waals surface area contributed by atoms with E-state index in [1.165, 1.54) is 12.1 Å². The van der Waals surface area contributed by atoms with Crippen molar-refractivity contribution >= 4 is 11.6 Å². The Bertz CT molecular complexity index is 377. The fourth-order valence-corrected chi connectivity index (χ4v) is 1.99. The average molecular weight is 222 g/mol. The molecular weight excluding hydrogens is 207 g/mol. The molecule has 0 aliphatic carbocycles. The number of benzene rings is 1. The molecule has 0 aromatic heterocycles. The third-order valence-corrected chi connectivity index (χ3v) is 2.79. The quantitative estimate of drug-likeness (QED) is 0.841. The van der Waals surface area contributed by atoms with Crippen molar-refractivity contribution < 1.29 is 9.18 Å². The summed E-state index contributed by atoms with van der Waals surface area (Å²) in [6.07, 6.45) is 0.810. The molecule has 0 spiro atoms. The van der Waals surface area contributed by atoms with Gasteiger partial charge in [-0.05, 0) is 37.2 Å². The van der Waals surface area contributed by atoms with Gasteiger partial charge in [0, 0.05) is 12.2 Å². The van der Waals surface area contributed by atoms with Crippen molar-refractivity contribution in [2.75, 3.05) is 18.0 Å². The van der Waals surface area contributed by atoms with Crippen LogP contribution in [0.25, 0.3) is 0 Å². The van der Waals surface area contributed by atoms with Crippen LogP contribution in [-0.2, 0) is 4.79 Å². The number of amides is 1. The SMILES string of the molecule is CCNC1CCN(c2ccc(F)cc2)C1=O. The second kappa shape index (κ2) is 4.61. The molecule has 4 heteroatoms. The number of nitrogens with one attached hydrogen (secondary N) is 1. The van der Waals surface area contributed by atoms with Crippen LogP contribution in [0.15, 0.2) is 24.3 Å². The topological polar surface area (TPSA) is 32.3 Å². The summed E-state index contributed by atoms with van der Waals surface area (Å²) in [6.45, 7) is 3.46. The fraction of sp³-hybridized carbons (Fsp3) is 0.417.